The Labute approximate surface area is 121 Å². The third-order valence-electron chi connectivity index (χ3n) is 3.65. The van der Waals surface area contributed by atoms with Crippen LogP contribution in [0.15, 0.2) is 30.5 Å². The summed E-state index contributed by atoms with van der Waals surface area (Å²) < 4.78 is 7.43. The number of fused-ring (bicyclic) bond motifs is 1. The molecule has 0 atom stereocenters. The first-order valence-corrected chi connectivity index (χ1v) is 7.48. The monoisotopic (exact) mass is 274 g/mol. The van der Waals surface area contributed by atoms with Crippen molar-refractivity contribution >= 4 is 10.9 Å². The summed E-state index contributed by atoms with van der Waals surface area (Å²) in [5, 5.41) is 4.78. The molecule has 0 unspecified atom stereocenters. The summed E-state index contributed by atoms with van der Waals surface area (Å²) in [6.07, 6.45) is 3.44. The number of nitrogens with zero attached hydrogens (tertiary/aromatic N) is 1. The van der Waals surface area contributed by atoms with Gasteiger partial charge in [-0.3, -0.25) is 0 Å². The fourth-order valence-electron chi connectivity index (χ4n) is 2.43. The maximum atomic E-state index is 5.06. The standard InChI is InChI=1S/C17H26N2O/c1-14(2)7-10-19-11-8-16-15(5-4-6-17(16)19)13-18-9-12-20-3/h4-6,8,11,14,18H,7,9-10,12-13H2,1-3H3. The van der Waals surface area contributed by atoms with Crippen molar-refractivity contribution in [2.24, 2.45) is 5.92 Å². The van der Waals surface area contributed by atoms with Gasteiger partial charge in [0.15, 0.2) is 0 Å². The van der Waals surface area contributed by atoms with Crippen LogP contribution in [0.1, 0.15) is 25.8 Å². The molecule has 0 saturated heterocycles. The van der Waals surface area contributed by atoms with Crippen LogP contribution in [0, 0.1) is 5.92 Å². The topological polar surface area (TPSA) is 26.2 Å². The van der Waals surface area contributed by atoms with Crippen LogP contribution in [0.3, 0.4) is 0 Å². The Morgan fingerprint density at radius 3 is 2.85 bits per heavy atom. The van der Waals surface area contributed by atoms with E-state index in [4.69, 9.17) is 4.74 Å². The van der Waals surface area contributed by atoms with Gasteiger partial charge in [0, 0.05) is 43.8 Å². The van der Waals surface area contributed by atoms with Gasteiger partial charge in [0.05, 0.1) is 6.61 Å². The lowest BCUT2D eigenvalue weighted by atomic mass is 10.1. The molecule has 1 N–H and O–H groups in total. The van der Waals surface area contributed by atoms with Gasteiger partial charge in [0.2, 0.25) is 0 Å². The van der Waals surface area contributed by atoms with Gasteiger partial charge in [-0.1, -0.05) is 26.0 Å². The maximum absolute atomic E-state index is 5.06. The molecule has 0 aliphatic rings. The summed E-state index contributed by atoms with van der Waals surface area (Å²) in [6, 6.07) is 8.81. The number of benzene rings is 1. The molecular weight excluding hydrogens is 248 g/mol. The summed E-state index contributed by atoms with van der Waals surface area (Å²) in [6.45, 7) is 8.19. The molecule has 0 radical (unpaired) electrons. The van der Waals surface area contributed by atoms with E-state index in [-0.39, 0.29) is 0 Å². The molecule has 2 aromatic rings. The zero-order valence-electron chi connectivity index (χ0n) is 12.9. The van der Waals surface area contributed by atoms with Gasteiger partial charge in [-0.15, -0.1) is 0 Å². The predicted molar refractivity (Wildman–Crippen MR) is 85.0 cm³/mol. The number of ether oxygens (including phenoxy) is 1. The first kappa shape index (κ1) is 15.1. The fraction of sp³-hybridized carbons (Fsp3) is 0.529. The molecular formula is C17H26N2O. The molecule has 0 aliphatic heterocycles. The highest BCUT2D eigenvalue weighted by Gasteiger charge is 2.05. The summed E-state index contributed by atoms with van der Waals surface area (Å²) in [7, 11) is 1.73. The highest BCUT2D eigenvalue weighted by atomic mass is 16.5. The second-order valence-electron chi connectivity index (χ2n) is 5.71. The van der Waals surface area contributed by atoms with Crippen molar-refractivity contribution in [2.45, 2.75) is 33.4 Å². The molecule has 0 aliphatic carbocycles. The number of nitrogens with one attached hydrogen (secondary N) is 1. The molecule has 3 nitrogen and oxygen atoms in total. The Kier molecular flexibility index (Phi) is 5.62. The zero-order chi connectivity index (χ0) is 14.4. The van der Waals surface area contributed by atoms with Gasteiger partial charge < -0.3 is 14.6 Å². The molecule has 0 saturated carbocycles. The van der Waals surface area contributed by atoms with Crippen molar-refractivity contribution in [1.29, 1.82) is 0 Å². The van der Waals surface area contributed by atoms with E-state index in [2.05, 4.69) is 54.2 Å². The molecule has 2 rings (SSSR count). The van der Waals surface area contributed by atoms with Crippen molar-refractivity contribution < 1.29 is 4.74 Å². The Morgan fingerprint density at radius 2 is 2.10 bits per heavy atom. The van der Waals surface area contributed by atoms with E-state index in [1.165, 1.54) is 22.9 Å². The summed E-state index contributed by atoms with van der Waals surface area (Å²) in [5.41, 5.74) is 2.71. The highest BCUT2D eigenvalue weighted by Crippen LogP contribution is 2.21. The number of methoxy groups -OCH3 is 1. The first-order valence-electron chi connectivity index (χ1n) is 7.48. The van der Waals surface area contributed by atoms with Crippen LogP contribution in [-0.4, -0.2) is 24.8 Å². The Balaban J connectivity index is 2.08. The van der Waals surface area contributed by atoms with Gasteiger partial charge in [0.25, 0.3) is 0 Å². The van der Waals surface area contributed by atoms with Crippen LogP contribution in [0.5, 0.6) is 0 Å². The molecule has 0 fully saturated rings. The summed E-state index contributed by atoms with van der Waals surface area (Å²) in [5.74, 6) is 0.742. The van der Waals surface area contributed by atoms with E-state index < -0.39 is 0 Å². The molecule has 1 aromatic carbocycles. The van der Waals surface area contributed by atoms with Crippen LogP contribution in [-0.2, 0) is 17.8 Å². The van der Waals surface area contributed by atoms with Gasteiger partial charge in [-0.05, 0) is 30.0 Å². The summed E-state index contributed by atoms with van der Waals surface area (Å²) in [4.78, 5) is 0. The summed E-state index contributed by atoms with van der Waals surface area (Å²) >= 11 is 0. The lowest BCUT2D eigenvalue weighted by molar-refractivity contribution is 0.199. The van der Waals surface area contributed by atoms with E-state index in [9.17, 15) is 0 Å². The Morgan fingerprint density at radius 1 is 1.25 bits per heavy atom. The van der Waals surface area contributed by atoms with E-state index in [0.717, 1.165) is 32.2 Å². The Hall–Kier alpha value is -1.32. The van der Waals surface area contributed by atoms with Gasteiger partial charge in [-0.2, -0.15) is 0 Å². The zero-order valence-corrected chi connectivity index (χ0v) is 12.9. The predicted octanol–water partition coefficient (Wildman–Crippen LogP) is 3.42. The molecule has 0 amide bonds. The van der Waals surface area contributed by atoms with Crippen LogP contribution in [0.4, 0.5) is 0 Å². The molecule has 1 heterocycles. The molecule has 110 valence electrons. The number of rotatable bonds is 8. The lowest BCUT2D eigenvalue weighted by Gasteiger charge is -2.09. The van der Waals surface area contributed by atoms with Crippen LogP contribution in [0.25, 0.3) is 10.9 Å². The fourth-order valence-corrected chi connectivity index (χ4v) is 2.43. The number of aromatic nitrogens is 1. The highest BCUT2D eigenvalue weighted by molar-refractivity contribution is 5.83. The largest absolute Gasteiger partial charge is 0.383 e. The molecule has 0 spiro atoms. The first-order chi connectivity index (χ1) is 9.72. The number of hydrogen-bond acceptors (Lipinski definition) is 2. The van der Waals surface area contributed by atoms with Crippen LogP contribution >= 0.6 is 0 Å². The molecule has 3 heteroatoms. The van der Waals surface area contributed by atoms with Crippen molar-refractivity contribution in [3.8, 4) is 0 Å². The smallest absolute Gasteiger partial charge is 0.0587 e. The third-order valence-corrected chi connectivity index (χ3v) is 3.65. The van der Waals surface area contributed by atoms with Crippen molar-refractivity contribution in [1.82, 2.24) is 9.88 Å². The van der Waals surface area contributed by atoms with Gasteiger partial charge >= 0.3 is 0 Å². The van der Waals surface area contributed by atoms with Gasteiger partial charge in [-0.25, -0.2) is 0 Å². The minimum atomic E-state index is 0.742. The number of aryl methyl sites for hydroxylation is 1. The van der Waals surface area contributed by atoms with Crippen LogP contribution < -0.4 is 5.32 Å². The van der Waals surface area contributed by atoms with Crippen molar-refractivity contribution in [3.63, 3.8) is 0 Å². The second kappa shape index (κ2) is 7.46. The minimum Gasteiger partial charge on any atom is -0.383 e. The third kappa shape index (κ3) is 3.84. The second-order valence-corrected chi connectivity index (χ2v) is 5.71. The molecule has 20 heavy (non-hydrogen) atoms. The minimum absolute atomic E-state index is 0.742. The van der Waals surface area contributed by atoms with E-state index in [1.54, 1.807) is 7.11 Å². The van der Waals surface area contributed by atoms with E-state index in [0.29, 0.717) is 0 Å². The van der Waals surface area contributed by atoms with Crippen LogP contribution in [0.2, 0.25) is 0 Å². The number of hydrogen-bond donors (Lipinski definition) is 1. The average Bonchev–Trinajstić information content (AvgIpc) is 2.85. The lowest BCUT2D eigenvalue weighted by Crippen LogP contribution is -2.18. The average molecular weight is 274 g/mol. The SMILES string of the molecule is COCCNCc1cccc2c1ccn2CCC(C)C. The molecule has 0 bridgehead atoms. The maximum Gasteiger partial charge on any atom is 0.0587 e. The van der Waals surface area contributed by atoms with E-state index >= 15 is 0 Å². The quantitative estimate of drug-likeness (QED) is 0.746. The van der Waals surface area contributed by atoms with Gasteiger partial charge in [0.1, 0.15) is 0 Å². The van der Waals surface area contributed by atoms with Crippen molar-refractivity contribution in [2.75, 3.05) is 20.3 Å². The van der Waals surface area contributed by atoms with Crippen molar-refractivity contribution in [3.05, 3.63) is 36.0 Å². The Bertz CT molecular complexity index is 531. The molecule has 1 aromatic heterocycles. The van der Waals surface area contributed by atoms with E-state index in [1.807, 2.05) is 0 Å². The normalized spacial score (nSPS) is 11.6.